The zero-order valence-electron chi connectivity index (χ0n) is 21.7. The summed E-state index contributed by atoms with van der Waals surface area (Å²) >= 11 is 0. The molecule has 2 atom stereocenters. The zero-order chi connectivity index (χ0) is 29.8. The highest BCUT2D eigenvalue weighted by atomic mass is 19.4. The molecule has 0 aromatic heterocycles. The van der Waals surface area contributed by atoms with Gasteiger partial charge in [-0.25, -0.2) is 15.1 Å². The molecule has 4 rings (SSSR count). The van der Waals surface area contributed by atoms with Crippen molar-refractivity contribution in [2.75, 3.05) is 13.2 Å². The standard InChI is InChI=1S/C28H28F6N2O5/c29-27(30,31)20-14-18(15-21(16-20)28(32,33)34)10-11-36(26(38)39)23-8-6-19-13-17(4-7-22(19)23)5-9-24(37)35-41-25-3-1-2-12-40-25/h4-5,7,9,13-16,23,25H,1-3,6,8,10-12H2,(H,35,37)(H,38,39)/b9-5+. The summed E-state index contributed by atoms with van der Waals surface area (Å²) in [6.45, 7) is 0.265. The first kappa shape index (κ1) is 30.4. The van der Waals surface area contributed by atoms with E-state index in [9.17, 15) is 41.0 Å². The smallest absolute Gasteiger partial charge is 0.416 e. The molecule has 0 radical (unpaired) electrons. The Hall–Kier alpha value is -3.58. The molecule has 222 valence electrons. The van der Waals surface area contributed by atoms with Crippen LogP contribution in [0.5, 0.6) is 0 Å². The van der Waals surface area contributed by atoms with E-state index < -0.39 is 47.8 Å². The van der Waals surface area contributed by atoms with Crippen LogP contribution in [0.2, 0.25) is 0 Å². The van der Waals surface area contributed by atoms with Crippen LogP contribution in [-0.4, -0.2) is 41.4 Å². The first-order valence-electron chi connectivity index (χ1n) is 13.0. The monoisotopic (exact) mass is 586 g/mol. The van der Waals surface area contributed by atoms with Crippen LogP contribution in [-0.2, 0) is 39.6 Å². The highest BCUT2D eigenvalue weighted by Gasteiger charge is 2.37. The third-order valence-electron chi connectivity index (χ3n) is 6.98. The molecule has 7 nitrogen and oxygen atoms in total. The average Bonchev–Trinajstić information content (AvgIpc) is 3.33. The molecule has 2 amide bonds. The van der Waals surface area contributed by atoms with Crippen LogP contribution in [0.1, 0.15) is 65.1 Å². The van der Waals surface area contributed by atoms with Gasteiger partial charge in [0.2, 0.25) is 0 Å². The van der Waals surface area contributed by atoms with E-state index in [1.165, 1.54) is 6.08 Å². The van der Waals surface area contributed by atoms with Crippen molar-refractivity contribution >= 4 is 18.1 Å². The van der Waals surface area contributed by atoms with E-state index in [4.69, 9.17) is 9.57 Å². The van der Waals surface area contributed by atoms with Gasteiger partial charge in [0, 0.05) is 25.6 Å². The fourth-order valence-corrected chi connectivity index (χ4v) is 4.97. The minimum absolute atomic E-state index is 0.0412. The second kappa shape index (κ2) is 12.5. The Morgan fingerprint density at radius 2 is 1.73 bits per heavy atom. The summed E-state index contributed by atoms with van der Waals surface area (Å²) in [7, 11) is 0. The maximum atomic E-state index is 13.2. The number of amides is 2. The number of aryl methyl sites for hydroxylation is 1. The number of carboxylic acid groups (broad SMARTS) is 1. The third-order valence-corrected chi connectivity index (χ3v) is 6.98. The molecule has 13 heteroatoms. The number of fused-ring (bicyclic) bond motifs is 1. The van der Waals surface area contributed by atoms with Gasteiger partial charge in [-0.05, 0) is 78.6 Å². The van der Waals surface area contributed by atoms with E-state index in [1.807, 2.05) is 0 Å². The molecular formula is C28H28F6N2O5. The SMILES string of the molecule is O=C(/C=C/c1ccc2c(c1)CCC2N(CCc1cc(C(F)(F)F)cc(C(F)(F)F)c1)C(=O)O)NOC1CCCCO1. The number of hydrogen-bond donors (Lipinski definition) is 2. The molecule has 1 aliphatic heterocycles. The van der Waals surface area contributed by atoms with Crippen molar-refractivity contribution in [3.05, 3.63) is 75.9 Å². The van der Waals surface area contributed by atoms with Gasteiger partial charge in [-0.2, -0.15) is 26.3 Å². The minimum Gasteiger partial charge on any atom is -0.465 e. The predicted octanol–water partition coefficient (Wildman–Crippen LogP) is 6.52. The van der Waals surface area contributed by atoms with Crippen molar-refractivity contribution in [2.24, 2.45) is 0 Å². The zero-order valence-corrected chi connectivity index (χ0v) is 21.7. The van der Waals surface area contributed by atoms with Gasteiger partial charge in [0.05, 0.1) is 17.2 Å². The predicted molar refractivity (Wildman–Crippen MR) is 134 cm³/mol. The molecule has 2 N–H and O–H groups in total. The highest BCUT2D eigenvalue weighted by molar-refractivity contribution is 5.91. The van der Waals surface area contributed by atoms with Gasteiger partial charge in [0.1, 0.15) is 0 Å². The molecule has 1 heterocycles. The largest absolute Gasteiger partial charge is 0.465 e. The number of nitrogens with one attached hydrogen (secondary N) is 1. The molecule has 1 aliphatic carbocycles. The molecule has 41 heavy (non-hydrogen) atoms. The number of hydroxylamine groups is 1. The Morgan fingerprint density at radius 1 is 1.02 bits per heavy atom. The van der Waals surface area contributed by atoms with Gasteiger partial charge in [-0.1, -0.05) is 18.2 Å². The number of rotatable bonds is 8. The van der Waals surface area contributed by atoms with Crippen molar-refractivity contribution in [2.45, 2.75) is 63.2 Å². The molecule has 2 aromatic carbocycles. The third kappa shape index (κ3) is 8.00. The van der Waals surface area contributed by atoms with E-state index in [0.717, 1.165) is 23.3 Å². The molecule has 0 bridgehead atoms. The average molecular weight is 587 g/mol. The minimum atomic E-state index is -4.99. The van der Waals surface area contributed by atoms with Gasteiger partial charge in [0.15, 0.2) is 6.29 Å². The van der Waals surface area contributed by atoms with Gasteiger partial charge >= 0.3 is 18.4 Å². The van der Waals surface area contributed by atoms with Gasteiger partial charge in [-0.15, -0.1) is 0 Å². The molecule has 2 aromatic rings. The van der Waals surface area contributed by atoms with E-state index in [0.29, 0.717) is 49.1 Å². The molecule has 1 saturated heterocycles. The van der Waals surface area contributed by atoms with Crippen molar-refractivity contribution in [1.82, 2.24) is 10.4 Å². The van der Waals surface area contributed by atoms with E-state index in [-0.39, 0.29) is 24.6 Å². The van der Waals surface area contributed by atoms with Crippen LogP contribution >= 0.6 is 0 Å². The Morgan fingerprint density at radius 3 is 2.34 bits per heavy atom. The summed E-state index contributed by atoms with van der Waals surface area (Å²) in [6, 6.07) is 5.83. The van der Waals surface area contributed by atoms with Crippen molar-refractivity contribution < 1.29 is 50.6 Å². The van der Waals surface area contributed by atoms with Gasteiger partial charge in [0.25, 0.3) is 5.91 Å². The Labute approximate surface area is 231 Å². The molecule has 2 unspecified atom stereocenters. The lowest BCUT2D eigenvalue weighted by Crippen LogP contribution is -2.34. The Bertz CT molecular complexity index is 1260. The van der Waals surface area contributed by atoms with Crippen LogP contribution in [0, 0.1) is 0 Å². The molecule has 1 fully saturated rings. The number of carbonyl (C=O) groups is 2. The van der Waals surface area contributed by atoms with Gasteiger partial charge < -0.3 is 14.7 Å². The first-order chi connectivity index (χ1) is 19.3. The summed E-state index contributed by atoms with van der Waals surface area (Å²) in [5.41, 5.74) is 1.35. The molecular weight excluding hydrogens is 558 g/mol. The number of ether oxygens (including phenoxy) is 1. The molecule has 0 saturated carbocycles. The fraction of sp³-hybridized carbons (Fsp3) is 0.429. The highest BCUT2D eigenvalue weighted by Crippen LogP contribution is 2.38. The fourth-order valence-electron chi connectivity index (χ4n) is 4.97. The number of benzene rings is 2. The normalized spacial score (nSPS) is 19.3. The number of nitrogens with zero attached hydrogens (tertiary/aromatic N) is 1. The number of carbonyl (C=O) groups excluding carboxylic acids is 1. The Balaban J connectivity index is 1.43. The van der Waals surface area contributed by atoms with Crippen molar-refractivity contribution in [1.29, 1.82) is 0 Å². The van der Waals surface area contributed by atoms with E-state index >= 15 is 0 Å². The van der Waals surface area contributed by atoms with Crippen LogP contribution in [0.4, 0.5) is 31.1 Å². The van der Waals surface area contributed by atoms with E-state index in [2.05, 4.69) is 5.48 Å². The topological polar surface area (TPSA) is 88.1 Å². The number of halogens is 6. The summed E-state index contributed by atoms with van der Waals surface area (Å²) in [6.07, 6.45) is -5.85. The Kier molecular flexibility index (Phi) is 9.27. The summed E-state index contributed by atoms with van der Waals surface area (Å²) < 4.78 is 84.6. The van der Waals surface area contributed by atoms with Crippen LogP contribution in [0.15, 0.2) is 42.5 Å². The number of hydrogen-bond acceptors (Lipinski definition) is 4. The maximum absolute atomic E-state index is 13.2. The first-order valence-corrected chi connectivity index (χ1v) is 13.0. The maximum Gasteiger partial charge on any atom is 0.416 e. The number of alkyl halides is 6. The summed E-state index contributed by atoms with van der Waals surface area (Å²) in [5.74, 6) is -0.488. The van der Waals surface area contributed by atoms with Crippen LogP contribution in [0.3, 0.4) is 0 Å². The van der Waals surface area contributed by atoms with Crippen LogP contribution in [0.25, 0.3) is 6.08 Å². The summed E-state index contributed by atoms with van der Waals surface area (Å²) in [4.78, 5) is 30.4. The molecule has 2 aliphatic rings. The lowest BCUT2D eigenvalue weighted by Gasteiger charge is -2.27. The molecule has 0 spiro atoms. The van der Waals surface area contributed by atoms with Crippen LogP contribution < -0.4 is 5.48 Å². The lowest BCUT2D eigenvalue weighted by atomic mass is 10.0. The van der Waals surface area contributed by atoms with Crippen molar-refractivity contribution in [3.63, 3.8) is 0 Å². The quantitative estimate of drug-likeness (QED) is 0.209. The van der Waals surface area contributed by atoms with E-state index in [1.54, 1.807) is 24.3 Å². The van der Waals surface area contributed by atoms with Crippen molar-refractivity contribution in [3.8, 4) is 0 Å². The lowest BCUT2D eigenvalue weighted by molar-refractivity contribution is -0.198. The second-order valence-corrected chi connectivity index (χ2v) is 9.87. The second-order valence-electron chi connectivity index (χ2n) is 9.87. The summed E-state index contributed by atoms with van der Waals surface area (Å²) in [5, 5.41) is 9.84. The van der Waals surface area contributed by atoms with Gasteiger partial charge in [-0.3, -0.25) is 4.79 Å².